The minimum absolute atomic E-state index is 0.0215. The number of halogens is 1. The third kappa shape index (κ3) is 7.15. The quantitative estimate of drug-likeness (QED) is 0.261. The van der Waals surface area contributed by atoms with E-state index in [0.29, 0.717) is 21.6 Å². The highest BCUT2D eigenvalue weighted by Gasteiger charge is 2.17. The van der Waals surface area contributed by atoms with Gasteiger partial charge in [-0.3, -0.25) is 14.6 Å². The molecule has 2 amide bonds. The highest BCUT2D eigenvalue weighted by Crippen LogP contribution is 2.27. The summed E-state index contributed by atoms with van der Waals surface area (Å²) in [5, 5.41) is 5.51. The van der Waals surface area contributed by atoms with Gasteiger partial charge in [0.1, 0.15) is 18.1 Å². The SMILES string of the molecule is CC(C(=O)NCCOC(=O)Oc1ccccc1)c1ccc(NC(=O)c2ccccn2)c(Br)c1. The zero-order valence-corrected chi connectivity index (χ0v) is 19.4. The average Bonchev–Trinajstić information content (AvgIpc) is 2.83. The van der Waals surface area contributed by atoms with Gasteiger partial charge in [0, 0.05) is 10.7 Å². The number of ether oxygens (including phenoxy) is 2. The first-order chi connectivity index (χ1) is 15.9. The number of anilines is 1. The standard InChI is InChI=1S/C24H22BrN3O5/c1-16(22(29)27-13-14-32-24(31)33-18-7-3-2-4-8-18)17-10-11-20(19(25)15-17)28-23(30)21-9-5-6-12-26-21/h2-12,15-16H,13-14H2,1H3,(H,27,29)(H,28,30). The molecule has 1 unspecified atom stereocenters. The van der Waals surface area contributed by atoms with Crippen molar-refractivity contribution >= 4 is 39.6 Å². The molecule has 0 bridgehead atoms. The number of rotatable bonds is 8. The van der Waals surface area contributed by atoms with Gasteiger partial charge in [-0.1, -0.05) is 30.3 Å². The first-order valence-electron chi connectivity index (χ1n) is 10.1. The van der Waals surface area contributed by atoms with Gasteiger partial charge in [-0.15, -0.1) is 0 Å². The van der Waals surface area contributed by atoms with Crippen molar-refractivity contribution in [3.8, 4) is 5.75 Å². The number of nitrogens with one attached hydrogen (secondary N) is 2. The molecule has 8 nitrogen and oxygen atoms in total. The molecule has 2 aromatic carbocycles. The van der Waals surface area contributed by atoms with Crippen molar-refractivity contribution in [3.63, 3.8) is 0 Å². The predicted octanol–water partition coefficient (Wildman–Crippen LogP) is 4.53. The Kier molecular flexibility index (Phi) is 8.54. The Hall–Kier alpha value is -3.72. The van der Waals surface area contributed by atoms with Crippen LogP contribution in [0, 0.1) is 0 Å². The third-order valence-electron chi connectivity index (χ3n) is 4.60. The van der Waals surface area contributed by atoms with Crippen molar-refractivity contribution in [2.75, 3.05) is 18.5 Å². The van der Waals surface area contributed by atoms with Crippen LogP contribution in [-0.2, 0) is 9.53 Å². The van der Waals surface area contributed by atoms with Crippen LogP contribution in [0.2, 0.25) is 0 Å². The van der Waals surface area contributed by atoms with Gasteiger partial charge >= 0.3 is 6.16 Å². The fraction of sp³-hybridized carbons (Fsp3) is 0.167. The van der Waals surface area contributed by atoms with Crippen molar-refractivity contribution in [3.05, 3.63) is 88.7 Å². The Morgan fingerprint density at radius 1 is 1.03 bits per heavy atom. The fourth-order valence-corrected chi connectivity index (χ4v) is 3.31. The number of amides is 2. The molecule has 0 spiro atoms. The Morgan fingerprint density at radius 3 is 2.48 bits per heavy atom. The highest BCUT2D eigenvalue weighted by atomic mass is 79.9. The van der Waals surface area contributed by atoms with Crippen molar-refractivity contribution < 1.29 is 23.9 Å². The summed E-state index contributed by atoms with van der Waals surface area (Å²) in [6.45, 7) is 1.88. The van der Waals surface area contributed by atoms with E-state index in [4.69, 9.17) is 9.47 Å². The Labute approximate surface area is 199 Å². The normalized spacial score (nSPS) is 11.2. The van der Waals surface area contributed by atoms with Gasteiger partial charge in [0.15, 0.2) is 0 Å². The summed E-state index contributed by atoms with van der Waals surface area (Å²) < 4.78 is 10.6. The lowest BCUT2D eigenvalue weighted by molar-refractivity contribution is -0.122. The minimum atomic E-state index is -0.837. The number of benzene rings is 2. The molecule has 3 rings (SSSR count). The Morgan fingerprint density at radius 2 is 1.79 bits per heavy atom. The molecule has 0 saturated heterocycles. The van der Waals surface area contributed by atoms with Crippen molar-refractivity contribution in [1.29, 1.82) is 0 Å². The second-order valence-electron chi connectivity index (χ2n) is 6.93. The number of aromatic nitrogens is 1. The van der Waals surface area contributed by atoms with Crippen LogP contribution in [0.1, 0.15) is 28.9 Å². The maximum Gasteiger partial charge on any atom is 0.513 e. The Bertz CT molecular complexity index is 1110. The van der Waals surface area contributed by atoms with Gasteiger partial charge in [0.25, 0.3) is 5.91 Å². The van der Waals surface area contributed by atoms with E-state index in [1.54, 1.807) is 79.9 Å². The topological polar surface area (TPSA) is 107 Å². The lowest BCUT2D eigenvalue weighted by Crippen LogP contribution is -2.31. The molecule has 0 aliphatic carbocycles. The maximum atomic E-state index is 12.5. The molecule has 33 heavy (non-hydrogen) atoms. The lowest BCUT2D eigenvalue weighted by atomic mass is 10.00. The van der Waals surface area contributed by atoms with Gasteiger partial charge in [-0.25, -0.2) is 4.79 Å². The molecular weight excluding hydrogens is 490 g/mol. The van der Waals surface area contributed by atoms with Crippen LogP contribution in [0.15, 0.2) is 77.4 Å². The van der Waals surface area contributed by atoms with Crippen LogP contribution in [0.5, 0.6) is 5.75 Å². The predicted molar refractivity (Wildman–Crippen MR) is 126 cm³/mol. The summed E-state index contributed by atoms with van der Waals surface area (Å²) in [6.07, 6.45) is 0.709. The fourth-order valence-electron chi connectivity index (χ4n) is 2.81. The molecule has 1 aromatic heterocycles. The minimum Gasteiger partial charge on any atom is -0.432 e. The molecule has 1 heterocycles. The molecule has 9 heteroatoms. The number of hydrogen-bond acceptors (Lipinski definition) is 6. The van der Waals surface area contributed by atoms with Crippen molar-refractivity contribution in [2.24, 2.45) is 0 Å². The van der Waals surface area contributed by atoms with Crippen LogP contribution in [-0.4, -0.2) is 36.1 Å². The second-order valence-corrected chi connectivity index (χ2v) is 7.79. The van der Waals surface area contributed by atoms with E-state index >= 15 is 0 Å². The largest absolute Gasteiger partial charge is 0.513 e. The van der Waals surface area contributed by atoms with E-state index < -0.39 is 12.1 Å². The summed E-state index contributed by atoms with van der Waals surface area (Å²) in [7, 11) is 0. The molecular formula is C24H22BrN3O5. The summed E-state index contributed by atoms with van der Waals surface area (Å²) in [6, 6.07) is 18.9. The van der Waals surface area contributed by atoms with Crippen LogP contribution < -0.4 is 15.4 Å². The number of para-hydroxylation sites is 1. The number of carbonyl (C=O) groups excluding carboxylic acids is 3. The monoisotopic (exact) mass is 511 g/mol. The highest BCUT2D eigenvalue weighted by molar-refractivity contribution is 9.10. The smallest absolute Gasteiger partial charge is 0.432 e. The first-order valence-corrected chi connectivity index (χ1v) is 10.9. The van der Waals surface area contributed by atoms with Crippen LogP contribution in [0.4, 0.5) is 10.5 Å². The molecule has 170 valence electrons. The number of nitrogens with zero attached hydrogens (tertiary/aromatic N) is 1. The number of hydrogen-bond donors (Lipinski definition) is 2. The maximum absolute atomic E-state index is 12.5. The van der Waals surface area contributed by atoms with Gasteiger partial charge in [0.2, 0.25) is 5.91 Å². The molecule has 0 aliphatic rings. The van der Waals surface area contributed by atoms with E-state index in [9.17, 15) is 14.4 Å². The zero-order valence-electron chi connectivity index (χ0n) is 17.8. The summed E-state index contributed by atoms with van der Waals surface area (Å²) >= 11 is 3.43. The van der Waals surface area contributed by atoms with Crippen molar-refractivity contribution in [1.82, 2.24) is 10.3 Å². The number of pyridine rings is 1. The van der Waals surface area contributed by atoms with E-state index in [0.717, 1.165) is 5.56 Å². The van der Waals surface area contributed by atoms with Crippen molar-refractivity contribution in [2.45, 2.75) is 12.8 Å². The molecule has 0 fully saturated rings. The molecule has 3 aromatic rings. The molecule has 0 aliphatic heterocycles. The van der Waals surface area contributed by atoms with E-state index in [1.807, 2.05) is 0 Å². The summed E-state index contributed by atoms with van der Waals surface area (Å²) in [5.74, 6) is -0.642. The van der Waals surface area contributed by atoms with Crippen LogP contribution in [0.25, 0.3) is 0 Å². The average molecular weight is 512 g/mol. The molecule has 2 N–H and O–H groups in total. The van der Waals surface area contributed by atoms with E-state index in [-0.39, 0.29) is 25.0 Å². The van der Waals surface area contributed by atoms with Crippen LogP contribution >= 0.6 is 15.9 Å². The Balaban J connectivity index is 1.46. The second kappa shape index (κ2) is 11.8. The third-order valence-corrected chi connectivity index (χ3v) is 5.25. The van der Waals surface area contributed by atoms with E-state index in [2.05, 4.69) is 31.5 Å². The van der Waals surface area contributed by atoms with Gasteiger partial charge in [-0.2, -0.15) is 0 Å². The summed E-state index contributed by atoms with van der Waals surface area (Å²) in [4.78, 5) is 40.4. The zero-order chi connectivity index (χ0) is 23.6. The molecule has 0 radical (unpaired) electrons. The summed E-state index contributed by atoms with van der Waals surface area (Å²) in [5.41, 5.74) is 1.61. The van der Waals surface area contributed by atoms with Gasteiger partial charge < -0.3 is 20.1 Å². The van der Waals surface area contributed by atoms with Crippen LogP contribution in [0.3, 0.4) is 0 Å². The molecule has 0 saturated carbocycles. The van der Waals surface area contributed by atoms with Gasteiger partial charge in [0.05, 0.1) is 18.2 Å². The van der Waals surface area contributed by atoms with E-state index in [1.165, 1.54) is 0 Å². The number of carbonyl (C=O) groups is 3. The first kappa shape index (κ1) is 23.9. The van der Waals surface area contributed by atoms with Gasteiger partial charge in [-0.05, 0) is 64.8 Å². The lowest BCUT2D eigenvalue weighted by Gasteiger charge is -2.15. The molecule has 1 atom stereocenters.